The standard InChI is InChI=1S/C15H18N2O2S/c1-2-3-4-9-15(19)17-12-7-5-6-8-13(12)20-11-10-14(16)18/h2-9H,10-11H2,1H3,(H2,16,18)(H,17,19)/b3-2+,9-4+. The Labute approximate surface area is 123 Å². The molecular weight excluding hydrogens is 272 g/mol. The zero-order chi connectivity index (χ0) is 14.8. The molecule has 0 heterocycles. The zero-order valence-electron chi connectivity index (χ0n) is 11.3. The zero-order valence-corrected chi connectivity index (χ0v) is 12.2. The van der Waals surface area contributed by atoms with Gasteiger partial charge in [-0.2, -0.15) is 0 Å². The predicted octanol–water partition coefficient (Wildman–Crippen LogP) is 2.72. The molecule has 0 radical (unpaired) electrons. The Hall–Kier alpha value is -2.01. The van der Waals surface area contributed by atoms with Crippen LogP contribution in [-0.4, -0.2) is 17.6 Å². The van der Waals surface area contributed by atoms with Gasteiger partial charge in [0.25, 0.3) is 0 Å². The van der Waals surface area contributed by atoms with E-state index in [2.05, 4.69) is 5.32 Å². The van der Waals surface area contributed by atoms with Crippen LogP contribution in [0.5, 0.6) is 0 Å². The Morgan fingerprint density at radius 3 is 2.75 bits per heavy atom. The lowest BCUT2D eigenvalue weighted by Gasteiger charge is -2.08. The summed E-state index contributed by atoms with van der Waals surface area (Å²) in [6.45, 7) is 1.88. The molecule has 0 aliphatic rings. The molecule has 0 saturated carbocycles. The average Bonchev–Trinajstić information content (AvgIpc) is 2.40. The summed E-state index contributed by atoms with van der Waals surface area (Å²) >= 11 is 1.49. The molecule has 3 N–H and O–H groups in total. The summed E-state index contributed by atoms with van der Waals surface area (Å²) in [5.74, 6) is 0.0794. The quantitative estimate of drug-likeness (QED) is 0.461. The molecule has 0 spiro atoms. The molecular formula is C15H18N2O2S. The van der Waals surface area contributed by atoms with Gasteiger partial charge >= 0.3 is 0 Å². The van der Waals surface area contributed by atoms with Crippen molar-refractivity contribution >= 4 is 29.3 Å². The highest BCUT2D eigenvalue weighted by atomic mass is 32.2. The first kappa shape index (κ1) is 16.0. The summed E-state index contributed by atoms with van der Waals surface area (Å²) in [7, 11) is 0. The number of allylic oxidation sites excluding steroid dienone is 3. The van der Waals surface area contributed by atoms with Gasteiger partial charge in [0.2, 0.25) is 11.8 Å². The first-order chi connectivity index (χ1) is 9.63. The number of para-hydroxylation sites is 1. The van der Waals surface area contributed by atoms with Crippen molar-refractivity contribution in [3.63, 3.8) is 0 Å². The van der Waals surface area contributed by atoms with Gasteiger partial charge in [0.1, 0.15) is 0 Å². The van der Waals surface area contributed by atoms with Gasteiger partial charge < -0.3 is 11.1 Å². The van der Waals surface area contributed by atoms with Gasteiger partial charge in [-0.1, -0.05) is 30.4 Å². The molecule has 2 amide bonds. The highest BCUT2D eigenvalue weighted by molar-refractivity contribution is 7.99. The Balaban J connectivity index is 2.65. The predicted molar refractivity (Wildman–Crippen MR) is 83.6 cm³/mol. The van der Waals surface area contributed by atoms with Crippen LogP contribution in [0.3, 0.4) is 0 Å². The number of nitrogens with one attached hydrogen (secondary N) is 1. The number of hydrogen-bond acceptors (Lipinski definition) is 3. The number of nitrogens with two attached hydrogens (primary N) is 1. The molecule has 20 heavy (non-hydrogen) atoms. The van der Waals surface area contributed by atoms with E-state index in [0.717, 1.165) is 10.6 Å². The van der Waals surface area contributed by atoms with Crippen LogP contribution >= 0.6 is 11.8 Å². The van der Waals surface area contributed by atoms with Crippen LogP contribution in [0.2, 0.25) is 0 Å². The van der Waals surface area contributed by atoms with Crippen LogP contribution in [0, 0.1) is 0 Å². The maximum atomic E-state index is 11.7. The fourth-order valence-corrected chi connectivity index (χ4v) is 2.36. The highest BCUT2D eigenvalue weighted by Crippen LogP contribution is 2.27. The van der Waals surface area contributed by atoms with E-state index in [-0.39, 0.29) is 11.8 Å². The van der Waals surface area contributed by atoms with Crippen molar-refractivity contribution in [3.05, 3.63) is 48.6 Å². The lowest BCUT2D eigenvalue weighted by atomic mass is 10.3. The molecule has 5 heteroatoms. The van der Waals surface area contributed by atoms with Crippen molar-refractivity contribution in [1.82, 2.24) is 0 Å². The number of primary amides is 1. The first-order valence-corrected chi connectivity index (χ1v) is 7.22. The van der Waals surface area contributed by atoms with E-state index in [1.54, 1.807) is 12.2 Å². The number of rotatable bonds is 7. The minimum absolute atomic E-state index is 0.189. The Morgan fingerprint density at radius 2 is 2.05 bits per heavy atom. The Kier molecular flexibility index (Phi) is 7.21. The van der Waals surface area contributed by atoms with Crippen LogP contribution in [0.4, 0.5) is 5.69 Å². The summed E-state index contributed by atoms with van der Waals surface area (Å²) in [4.78, 5) is 23.3. The second-order valence-corrected chi connectivity index (χ2v) is 5.07. The van der Waals surface area contributed by atoms with Crippen LogP contribution < -0.4 is 11.1 Å². The molecule has 106 valence electrons. The Morgan fingerprint density at radius 1 is 1.30 bits per heavy atom. The fraction of sp³-hybridized carbons (Fsp3) is 0.200. The number of amides is 2. The van der Waals surface area contributed by atoms with Crippen molar-refractivity contribution in [3.8, 4) is 0 Å². The summed E-state index contributed by atoms with van der Waals surface area (Å²) in [5.41, 5.74) is 5.84. The van der Waals surface area contributed by atoms with Gasteiger partial charge in [0.05, 0.1) is 5.69 Å². The molecule has 4 nitrogen and oxygen atoms in total. The summed E-state index contributed by atoms with van der Waals surface area (Å²) < 4.78 is 0. The molecule has 0 saturated heterocycles. The molecule has 0 bridgehead atoms. The smallest absolute Gasteiger partial charge is 0.248 e. The minimum atomic E-state index is -0.326. The molecule has 0 unspecified atom stereocenters. The molecule has 1 rings (SSSR count). The van der Waals surface area contributed by atoms with Crippen LogP contribution in [0.15, 0.2) is 53.5 Å². The Bertz CT molecular complexity index is 524. The topological polar surface area (TPSA) is 72.2 Å². The van der Waals surface area contributed by atoms with E-state index >= 15 is 0 Å². The van der Waals surface area contributed by atoms with Crippen molar-refractivity contribution in [1.29, 1.82) is 0 Å². The van der Waals surface area contributed by atoms with Crippen molar-refractivity contribution in [2.24, 2.45) is 5.73 Å². The molecule has 1 aromatic rings. The molecule has 0 aliphatic heterocycles. The molecule has 1 aromatic carbocycles. The minimum Gasteiger partial charge on any atom is -0.370 e. The van der Waals surface area contributed by atoms with Gasteiger partial charge in [-0.25, -0.2) is 0 Å². The number of carbonyl (C=O) groups excluding carboxylic acids is 2. The first-order valence-electron chi connectivity index (χ1n) is 6.24. The van der Waals surface area contributed by atoms with Crippen molar-refractivity contribution < 1.29 is 9.59 Å². The van der Waals surface area contributed by atoms with Gasteiger partial charge in [0, 0.05) is 23.1 Å². The largest absolute Gasteiger partial charge is 0.370 e. The molecule has 0 aromatic heterocycles. The normalized spacial score (nSPS) is 11.1. The maximum Gasteiger partial charge on any atom is 0.248 e. The van der Waals surface area contributed by atoms with E-state index < -0.39 is 0 Å². The van der Waals surface area contributed by atoms with Crippen LogP contribution in [0.25, 0.3) is 0 Å². The summed E-state index contributed by atoms with van der Waals surface area (Å²) in [6.07, 6.45) is 7.09. The fourth-order valence-electron chi connectivity index (χ4n) is 1.39. The lowest BCUT2D eigenvalue weighted by molar-refractivity contribution is -0.117. The van der Waals surface area contributed by atoms with Gasteiger partial charge in [0.15, 0.2) is 0 Å². The van der Waals surface area contributed by atoms with Gasteiger partial charge in [-0.3, -0.25) is 9.59 Å². The highest BCUT2D eigenvalue weighted by Gasteiger charge is 2.05. The van der Waals surface area contributed by atoms with Gasteiger partial charge in [-0.15, -0.1) is 11.8 Å². The molecule has 0 fully saturated rings. The number of anilines is 1. The average molecular weight is 290 g/mol. The second-order valence-electron chi connectivity index (χ2n) is 3.94. The second kappa shape index (κ2) is 8.98. The monoisotopic (exact) mass is 290 g/mol. The lowest BCUT2D eigenvalue weighted by Crippen LogP contribution is -2.11. The van der Waals surface area contributed by atoms with E-state index in [1.807, 2.05) is 37.3 Å². The summed E-state index contributed by atoms with van der Waals surface area (Å²) in [5, 5.41) is 2.81. The van der Waals surface area contributed by atoms with Crippen molar-refractivity contribution in [2.45, 2.75) is 18.2 Å². The maximum absolute atomic E-state index is 11.7. The third-order valence-corrected chi connectivity index (χ3v) is 3.38. The third kappa shape index (κ3) is 6.24. The van der Waals surface area contributed by atoms with Crippen LogP contribution in [0.1, 0.15) is 13.3 Å². The molecule has 0 atom stereocenters. The number of thioether (sulfide) groups is 1. The van der Waals surface area contributed by atoms with E-state index in [0.29, 0.717) is 12.2 Å². The summed E-state index contributed by atoms with van der Waals surface area (Å²) in [6, 6.07) is 7.46. The SMILES string of the molecule is C/C=C/C=C/C(=O)Nc1ccccc1SCCC(N)=O. The van der Waals surface area contributed by atoms with E-state index in [4.69, 9.17) is 5.73 Å². The van der Waals surface area contributed by atoms with Crippen LogP contribution in [-0.2, 0) is 9.59 Å². The van der Waals surface area contributed by atoms with Crippen molar-refractivity contribution in [2.75, 3.05) is 11.1 Å². The van der Waals surface area contributed by atoms with E-state index in [9.17, 15) is 9.59 Å². The van der Waals surface area contributed by atoms with E-state index in [1.165, 1.54) is 17.8 Å². The number of carbonyl (C=O) groups is 2. The molecule has 0 aliphatic carbocycles. The number of benzene rings is 1. The third-order valence-electron chi connectivity index (χ3n) is 2.30. The number of hydrogen-bond donors (Lipinski definition) is 2. The van der Waals surface area contributed by atoms with Gasteiger partial charge in [-0.05, 0) is 19.1 Å².